The third kappa shape index (κ3) is 2.32. The first-order valence-corrected chi connectivity index (χ1v) is 7.11. The second-order valence-corrected chi connectivity index (χ2v) is 6.03. The summed E-state index contributed by atoms with van der Waals surface area (Å²) in [6.45, 7) is 5.23. The minimum Gasteiger partial charge on any atom is -0.460 e. The van der Waals surface area contributed by atoms with Gasteiger partial charge in [0.1, 0.15) is 11.3 Å². The summed E-state index contributed by atoms with van der Waals surface area (Å²) >= 11 is 0. The largest absolute Gasteiger partial charge is 0.460 e. The van der Waals surface area contributed by atoms with E-state index >= 15 is 0 Å². The Morgan fingerprint density at radius 3 is 2.78 bits per heavy atom. The highest BCUT2D eigenvalue weighted by atomic mass is 19.4. The molecule has 5 nitrogen and oxygen atoms in total. The molecule has 2 aromatic heterocycles. The fraction of sp³-hybridized carbons (Fsp3) is 0.467. The second-order valence-electron chi connectivity index (χ2n) is 6.03. The lowest BCUT2D eigenvalue weighted by atomic mass is 9.74. The Bertz CT molecular complexity index is 772. The van der Waals surface area contributed by atoms with Crippen LogP contribution in [0.25, 0.3) is 11.3 Å². The van der Waals surface area contributed by atoms with Gasteiger partial charge < -0.3 is 9.15 Å². The number of carbonyl (C=O) groups excluding carboxylic acids is 1. The molecule has 1 N–H and O–H groups in total. The molecule has 0 bridgehead atoms. The molecule has 0 fully saturated rings. The topological polar surface area (TPSA) is 68.1 Å². The van der Waals surface area contributed by atoms with Crippen LogP contribution in [-0.4, -0.2) is 22.8 Å². The molecule has 2 aromatic rings. The number of aromatic amines is 1. The summed E-state index contributed by atoms with van der Waals surface area (Å²) in [6, 6.07) is 0. The highest BCUT2D eigenvalue weighted by Gasteiger charge is 2.48. The van der Waals surface area contributed by atoms with Gasteiger partial charge in [-0.15, -0.1) is 0 Å². The van der Waals surface area contributed by atoms with Gasteiger partial charge in [-0.3, -0.25) is 5.10 Å². The van der Waals surface area contributed by atoms with E-state index in [-0.39, 0.29) is 30.0 Å². The Morgan fingerprint density at radius 1 is 1.48 bits per heavy atom. The van der Waals surface area contributed by atoms with Crippen molar-refractivity contribution in [3.05, 3.63) is 28.8 Å². The molecular formula is C15H15F3N2O3. The van der Waals surface area contributed by atoms with Crippen LogP contribution in [0.5, 0.6) is 0 Å². The maximum absolute atomic E-state index is 13.6. The number of alkyl halides is 3. The van der Waals surface area contributed by atoms with Crippen LogP contribution in [0.2, 0.25) is 0 Å². The van der Waals surface area contributed by atoms with Gasteiger partial charge in [-0.25, -0.2) is 4.79 Å². The van der Waals surface area contributed by atoms with Crippen LogP contribution in [-0.2, 0) is 22.7 Å². The highest BCUT2D eigenvalue weighted by Crippen LogP contribution is 2.50. The fourth-order valence-electron chi connectivity index (χ4n) is 2.96. The van der Waals surface area contributed by atoms with Crippen LogP contribution in [0.15, 0.2) is 10.6 Å². The zero-order valence-corrected chi connectivity index (χ0v) is 12.8. The average molecular weight is 328 g/mol. The Morgan fingerprint density at radius 2 is 2.17 bits per heavy atom. The van der Waals surface area contributed by atoms with Gasteiger partial charge >= 0.3 is 12.1 Å². The van der Waals surface area contributed by atoms with Crippen LogP contribution in [0.4, 0.5) is 13.2 Å². The summed E-state index contributed by atoms with van der Waals surface area (Å²) < 4.78 is 50.7. The number of hydrogen-bond donors (Lipinski definition) is 1. The van der Waals surface area contributed by atoms with Crippen molar-refractivity contribution in [2.45, 2.75) is 38.8 Å². The smallest absolute Gasteiger partial charge is 0.421 e. The third-order valence-electron chi connectivity index (χ3n) is 3.93. The number of H-pyrrole nitrogens is 1. The average Bonchev–Trinajstić information content (AvgIpc) is 3.00. The van der Waals surface area contributed by atoms with Crippen molar-refractivity contribution in [3.63, 3.8) is 0 Å². The van der Waals surface area contributed by atoms with Gasteiger partial charge in [0, 0.05) is 23.6 Å². The lowest BCUT2D eigenvalue weighted by Crippen LogP contribution is -2.25. The van der Waals surface area contributed by atoms with Crippen molar-refractivity contribution < 1.29 is 27.1 Å². The van der Waals surface area contributed by atoms with E-state index in [1.54, 1.807) is 6.20 Å². The first kappa shape index (κ1) is 15.6. The summed E-state index contributed by atoms with van der Waals surface area (Å²) in [5, 5.41) is 6.55. The molecule has 124 valence electrons. The van der Waals surface area contributed by atoms with Gasteiger partial charge in [0.15, 0.2) is 0 Å². The van der Waals surface area contributed by atoms with Crippen molar-refractivity contribution in [2.75, 3.05) is 6.61 Å². The minimum atomic E-state index is -4.75. The number of furan rings is 1. The monoisotopic (exact) mass is 328 g/mol. The maximum Gasteiger partial charge on any atom is 0.421 e. The molecule has 8 heteroatoms. The van der Waals surface area contributed by atoms with Gasteiger partial charge in [0.25, 0.3) is 0 Å². The van der Waals surface area contributed by atoms with Gasteiger partial charge in [-0.05, 0) is 6.92 Å². The van der Waals surface area contributed by atoms with Gasteiger partial charge in [0.2, 0.25) is 5.76 Å². The molecule has 0 aromatic carbocycles. The molecule has 2 heterocycles. The molecular weight excluding hydrogens is 313 g/mol. The van der Waals surface area contributed by atoms with E-state index in [4.69, 9.17) is 9.15 Å². The maximum atomic E-state index is 13.6. The van der Waals surface area contributed by atoms with E-state index in [1.165, 1.54) is 6.92 Å². The standard InChI is InChI=1S/C15H15F3N2O3/c1-4-22-13(21)12-10(15(16,17)18)9-8(23-12)5-14(2,3)7-6-19-20-11(7)9/h6H,4-5H2,1-3H3,(H,19,20). The number of nitrogens with zero attached hydrogens (tertiary/aromatic N) is 1. The second kappa shape index (κ2) is 4.87. The number of fused-ring (bicyclic) bond motifs is 3. The summed E-state index contributed by atoms with van der Waals surface area (Å²) in [4.78, 5) is 11.9. The molecule has 23 heavy (non-hydrogen) atoms. The molecule has 0 spiro atoms. The molecule has 0 atom stereocenters. The predicted molar refractivity (Wildman–Crippen MR) is 74.0 cm³/mol. The Kier molecular flexibility index (Phi) is 3.31. The normalized spacial score (nSPS) is 15.9. The molecule has 3 rings (SSSR count). The highest BCUT2D eigenvalue weighted by molar-refractivity contribution is 5.92. The zero-order chi connectivity index (χ0) is 17.0. The molecule has 1 aliphatic rings. The third-order valence-corrected chi connectivity index (χ3v) is 3.93. The fourth-order valence-corrected chi connectivity index (χ4v) is 2.96. The van der Waals surface area contributed by atoms with Crippen LogP contribution >= 0.6 is 0 Å². The molecule has 0 aliphatic heterocycles. The molecule has 0 amide bonds. The summed E-state index contributed by atoms with van der Waals surface area (Å²) in [5.74, 6) is -1.83. The Hall–Kier alpha value is -2.25. The minimum absolute atomic E-state index is 0.0410. The van der Waals surface area contributed by atoms with Crippen molar-refractivity contribution in [3.8, 4) is 11.3 Å². The number of nitrogens with one attached hydrogen (secondary N) is 1. The van der Waals surface area contributed by atoms with Crippen molar-refractivity contribution in [1.29, 1.82) is 0 Å². The van der Waals surface area contributed by atoms with Gasteiger partial charge in [-0.1, -0.05) is 13.8 Å². The number of halogens is 3. The molecule has 0 unspecified atom stereocenters. The van der Waals surface area contributed by atoms with E-state index in [0.29, 0.717) is 5.56 Å². The number of rotatable bonds is 2. The van der Waals surface area contributed by atoms with Crippen molar-refractivity contribution >= 4 is 5.97 Å². The van der Waals surface area contributed by atoms with E-state index in [9.17, 15) is 18.0 Å². The number of aromatic nitrogens is 2. The molecule has 1 aliphatic carbocycles. The van der Waals surface area contributed by atoms with Crippen LogP contribution < -0.4 is 0 Å². The van der Waals surface area contributed by atoms with E-state index in [2.05, 4.69) is 10.2 Å². The summed E-state index contributed by atoms with van der Waals surface area (Å²) in [6.07, 6.45) is -2.94. The van der Waals surface area contributed by atoms with Crippen LogP contribution in [0.1, 0.15) is 48.2 Å². The number of ether oxygens (including phenoxy) is 1. The Balaban J connectivity index is 2.29. The number of hydrogen-bond acceptors (Lipinski definition) is 4. The first-order chi connectivity index (χ1) is 10.7. The number of esters is 1. The van der Waals surface area contributed by atoms with Crippen molar-refractivity contribution in [1.82, 2.24) is 10.2 Å². The lowest BCUT2D eigenvalue weighted by Gasteiger charge is -2.28. The number of carbonyl (C=O) groups is 1. The van der Waals surface area contributed by atoms with E-state index in [0.717, 1.165) is 0 Å². The zero-order valence-electron chi connectivity index (χ0n) is 12.8. The first-order valence-electron chi connectivity index (χ1n) is 7.11. The quantitative estimate of drug-likeness (QED) is 0.854. The molecule has 0 saturated carbocycles. The van der Waals surface area contributed by atoms with Gasteiger partial charge in [-0.2, -0.15) is 18.3 Å². The van der Waals surface area contributed by atoms with Crippen molar-refractivity contribution in [2.24, 2.45) is 0 Å². The van der Waals surface area contributed by atoms with Crippen LogP contribution in [0, 0.1) is 0 Å². The molecule has 0 radical (unpaired) electrons. The molecule has 0 saturated heterocycles. The van der Waals surface area contributed by atoms with E-state index < -0.39 is 28.9 Å². The summed E-state index contributed by atoms with van der Waals surface area (Å²) in [5.41, 5.74) is -0.914. The Labute approximate surface area is 129 Å². The predicted octanol–water partition coefficient (Wildman–Crippen LogP) is 3.70. The van der Waals surface area contributed by atoms with Gasteiger partial charge in [0.05, 0.1) is 17.9 Å². The van der Waals surface area contributed by atoms with Crippen LogP contribution in [0.3, 0.4) is 0 Å². The summed E-state index contributed by atoms with van der Waals surface area (Å²) in [7, 11) is 0. The SMILES string of the molecule is CCOC(=O)c1oc2c(c1C(F)(F)F)-c1n[nH]cc1C(C)(C)C2. The van der Waals surface area contributed by atoms with E-state index in [1.807, 2.05) is 13.8 Å². The lowest BCUT2D eigenvalue weighted by molar-refractivity contribution is -0.138.